The van der Waals surface area contributed by atoms with Crippen molar-refractivity contribution in [2.24, 2.45) is 11.8 Å². The highest BCUT2D eigenvalue weighted by Crippen LogP contribution is 2.24. The monoisotopic (exact) mass is 422 g/mol. The van der Waals surface area contributed by atoms with Crippen molar-refractivity contribution in [3.8, 4) is 0 Å². The van der Waals surface area contributed by atoms with E-state index in [-0.39, 0.29) is 10.8 Å². The molecule has 0 unspecified atom stereocenters. The van der Waals surface area contributed by atoms with Crippen molar-refractivity contribution >= 4 is 32.4 Å². The minimum absolute atomic E-state index is 0.216. The van der Waals surface area contributed by atoms with Crippen molar-refractivity contribution in [1.82, 2.24) is 14.5 Å². The quantitative estimate of drug-likeness (QED) is 0.770. The number of carbonyl (C=O) groups excluding carboxylic acids is 1. The molecule has 1 N–H and O–H groups in total. The third-order valence-electron chi connectivity index (χ3n) is 4.77. The molecule has 1 fully saturated rings. The molecule has 1 aliphatic rings. The number of sulfonamides is 1. The Morgan fingerprint density at radius 1 is 1.21 bits per heavy atom. The standard InChI is InChI=1S/C19H26N4O3S2/c1-13(2)12-17-21-22-19(27-17)20-18(24)15-4-6-16(7-5-15)28(25,26)23-10-8-14(3)9-11-23/h4-7,13-14H,8-12H2,1-3H3,(H,20,22,24). The molecule has 9 heteroatoms. The first-order valence-electron chi connectivity index (χ1n) is 9.49. The molecule has 1 saturated heterocycles. The molecule has 0 radical (unpaired) electrons. The summed E-state index contributed by atoms with van der Waals surface area (Å²) in [4.78, 5) is 12.6. The maximum Gasteiger partial charge on any atom is 0.257 e. The van der Waals surface area contributed by atoms with E-state index >= 15 is 0 Å². The van der Waals surface area contributed by atoms with Crippen LogP contribution in [0, 0.1) is 11.8 Å². The van der Waals surface area contributed by atoms with E-state index in [4.69, 9.17) is 0 Å². The van der Waals surface area contributed by atoms with Crippen LogP contribution in [0.15, 0.2) is 29.2 Å². The van der Waals surface area contributed by atoms with Gasteiger partial charge in [0.25, 0.3) is 5.91 Å². The molecule has 2 heterocycles. The second kappa shape index (κ2) is 8.67. The van der Waals surface area contributed by atoms with Gasteiger partial charge < -0.3 is 0 Å². The Morgan fingerprint density at radius 2 is 1.86 bits per heavy atom. The summed E-state index contributed by atoms with van der Waals surface area (Å²) < 4.78 is 27.1. The van der Waals surface area contributed by atoms with Crippen LogP contribution < -0.4 is 5.32 Å². The Hall–Kier alpha value is -1.84. The van der Waals surface area contributed by atoms with Crippen LogP contribution in [0.1, 0.15) is 49.0 Å². The van der Waals surface area contributed by atoms with Gasteiger partial charge in [0.05, 0.1) is 4.90 Å². The Morgan fingerprint density at radius 3 is 2.46 bits per heavy atom. The Kier molecular flexibility index (Phi) is 6.47. The van der Waals surface area contributed by atoms with Gasteiger partial charge in [-0.1, -0.05) is 32.1 Å². The lowest BCUT2D eigenvalue weighted by Crippen LogP contribution is -2.37. The molecular formula is C19H26N4O3S2. The van der Waals surface area contributed by atoms with Crippen molar-refractivity contribution < 1.29 is 13.2 Å². The molecule has 0 bridgehead atoms. The lowest BCUT2D eigenvalue weighted by molar-refractivity contribution is 0.102. The molecule has 0 spiro atoms. The second-order valence-corrected chi connectivity index (χ2v) is 10.7. The number of hydrogen-bond donors (Lipinski definition) is 1. The van der Waals surface area contributed by atoms with Crippen LogP contribution in [0.4, 0.5) is 5.13 Å². The van der Waals surface area contributed by atoms with Gasteiger partial charge in [0.2, 0.25) is 15.2 Å². The fourth-order valence-electron chi connectivity index (χ4n) is 3.06. The normalized spacial score (nSPS) is 16.4. The van der Waals surface area contributed by atoms with E-state index in [0.29, 0.717) is 35.6 Å². The summed E-state index contributed by atoms with van der Waals surface area (Å²) in [7, 11) is -3.51. The van der Waals surface area contributed by atoms with Gasteiger partial charge >= 0.3 is 0 Å². The minimum Gasteiger partial charge on any atom is -0.296 e. The van der Waals surface area contributed by atoms with Crippen molar-refractivity contribution in [3.05, 3.63) is 34.8 Å². The maximum absolute atomic E-state index is 12.8. The molecular weight excluding hydrogens is 396 g/mol. The number of carbonyl (C=O) groups is 1. The molecule has 152 valence electrons. The summed E-state index contributed by atoms with van der Waals surface area (Å²) >= 11 is 1.35. The van der Waals surface area contributed by atoms with Gasteiger partial charge in [-0.15, -0.1) is 10.2 Å². The molecule has 1 aliphatic heterocycles. The first-order valence-corrected chi connectivity index (χ1v) is 11.8. The molecule has 1 amide bonds. The fourth-order valence-corrected chi connectivity index (χ4v) is 5.47. The summed E-state index contributed by atoms with van der Waals surface area (Å²) in [5.74, 6) is 0.691. The van der Waals surface area contributed by atoms with Crippen molar-refractivity contribution in [3.63, 3.8) is 0 Å². The Bertz CT molecular complexity index is 915. The van der Waals surface area contributed by atoms with Gasteiger partial charge in [-0.2, -0.15) is 4.31 Å². The number of benzene rings is 1. The summed E-state index contributed by atoms with van der Waals surface area (Å²) in [5, 5.41) is 12.1. The molecule has 1 aromatic carbocycles. The zero-order valence-corrected chi connectivity index (χ0v) is 18.0. The van der Waals surface area contributed by atoms with Crippen LogP contribution in [0.25, 0.3) is 0 Å². The lowest BCUT2D eigenvalue weighted by Gasteiger charge is -2.29. The number of aromatic nitrogens is 2. The first kappa shape index (κ1) is 20.9. The van der Waals surface area contributed by atoms with Crippen LogP contribution in [-0.4, -0.2) is 41.9 Å². The van der Waals surface area contributed by atoms with Crippen molar-refractivity contribution in [2.45, 2.75) is 44.9 Å². The molecule has 28 heavy (non-hydrogen) atoms. The molecule has 0 atom stereocenters. The van der Waals surface area contributed by atoms with Gasteiger partial charge in [0.15, 0.2) is 0 Å². The van der Waals surface area contributed by atoms with Crippen LogP contribution >= 0.6 is 11.3 Å². The number of nitrogens with zero attached hydrogens (tertiary/aromatic N) is 3. The van der Waals surface area contributed by atoms with Gasteiger partial charge in [-0.3, -0.25) is 10.1 Å². The molecule has 3 rings (SSSR count). The number of piperidine rings is 1. The fraction of sp³-hybridized carbons (Fsp3) is 0.526. The lowest BCUT2D eigenvalue weighted by atomic mass is 10.0. The Balaban J connectivity index is 1.66. The van der Waals surface area contributed by atoms with E-state index < -0.39 is 10.0 Å². The summed E-state index contributed by atoms with van der Waals surface area (Å²) in [5.41, 5.74) is 0.381. The third-order valence-corrected chi connectivity index (χ3v) is 7.54. The van der Waals surface area contributed by atoms with E-state index in [2.05, 4.69) is 36.3 Å². The number of nitrogens with one attached hydrogen (secondary N) is 1. The predicted octanol–water partition coefficient (Wildman–Crippen LogP) is 3.41. The largest absolute Gasteiger partial charge is 0.296 e. The summed E-state index contributed by atoms with van der Waals surface area (Å²) in [6, 6.07) is 6.05. The van der Waals surface area contributed by atoms with Crippen LogP contribution in [0.5, 0.6) is 0 Å². The Labute approximate surface area is 170 Å². The molecule has 1 aromatic heterocycles. The van der Waals surface area contributed by atoms with Gasteiger partial charge in [0.1, 0.15) is 5.01 Å². The number of amides is 1. The minimum atomic E-state index is -3.51. The zero-order valence-electron chi connectivity index (χ0n) is 16.4. The summed E-state index contributed by atoms with van der Waals surface area (Å²) in [6.07, 6.45) is 2.57. The summed E-state index contributed by atoms with van der Waals surface area (Å²) in [6.45, 7) is 7.42. The smallest absolute Gasteiger partial charge is 0.257 e. The SMILES string of the molecule is CC(C)Cc1nnc(NC(=O)c2ccc(S(=O)(=O)N3CCC(C)CC3)cc2)s1. The van der Waals surface area contributed by atoms with Crippen LogP contribution in [0.2, 0.25) is 0 Å². The van der Waals surface area contributed by atoms with Gasteiger partial charge in [-0.25, -0.2) is 8.42 Å². The molecule has 0 aliphatic carbocycles. The highest BCUT2D eigenvalue weighted by atomic mass is 32.2. The molecule has 7 nitrogen and oxygen atoms in total. The predicted molar refractivity (Wildman–Crippen MR) is 110 cm³/mol. The van der Waals surface area contributed by atoms with Crippen LogP contribution in [-0.2, 0) is 16.4 Å². The average molecular weight is 423 g/mol. The van der Waals surface area contributed by atoms with E-state index in [0.717, 1.165) is 24.3 Å². The first-order chi connectivity index (χ1) is 13.3. The van der Waals surface area contributed by atoms with Gasteiger partial charge in [0, 0.05) is 25.1 Å². The van der Waals surface area contributed by atoms with Crippen molar-refractivity contribution in [2.75, 3.05) is 18.4 Å². The highest BCUT2D eigenvalue weighted by Gasteiger charge is 2.28. The maximum atomic E-state index is 12.8. The van der Waals surface area contributed by atoms with E-state index in [1.807, 2.05) is 0 Å². The number of hydrogen-bond acceptors (Lipinski definition) is 6. The zero-order chi connectivity index (χ0) is 20.3. The topological polar surface area (TPSA) is 92.3 Å². The van der Waals surface area contributed by atoms with E-state index in [1.54, 1.807) is 0 Å². The molecule has 0 saturated carbocycles. The third kappa shape index (κ3) is 4.95. The van der Waals surface area contributed by atoms with E-state index in [9.17, 15) is 13.2 Å². The highest BCUT2D eigenvalue weighted by molar-refractivity contribution is 7.89. The van der Waals surface area contributed by atoms with Crippen molar-refractivity contribution in [1.29, 1.82) is 0 Å². The number of rotatable bonds is 6. The average Bonchev–Trinajstić information content (AvgIpc) is 3.08. The van der Waals surface area contributed by atoms with E-state index in [1.165, 1.54) is 39.9 Å². The van der Waals surface area contributed by atoms with Gasteiger partial charge in [-0.05, 0) is 48.9 Å². The van der Waals surface area contributed by atoms with Crippen LogP contribution in [0.3, 0.4) is 0 Å². The molecule has 2 aromatic rings. The number of anilines is 1. The second-order valence-electron chi connectivity index (χ2n) is 7.66.